The summed E-state index contributed by atoms with van der Waals surface area (Å²) in [5, 5.41) is 0. The predicted molar refractivity (Wildman–Crippen MR) is 47.3 cm³/mol. The maximum Gasteiger partial charge on any atom is 0.109 e. The van der Waals surface area contributed by atoms with Crippen LogP contribution in [0.25, 0.3) is 0 Å². The monoisotopic (exact) mass is 188 g/mol. The van der Waals surface area contributed by atoms with E-state index < -0.39 is 6.17 Å². The van der Waals surface area contributed by atoms with Crippen LogP contribution in [0.2, 0.25) is 0 Å². The third kappa shape index (κ3) is 1.72. The van der Waals surface area contributed by atoms with E-state index in [-0.39, 0.29) is 18.1 Å². The van der Waals surface area contributed by atoms with Gasteiger partial charge in [0.25, 0.3) is 0 Å². The molecule has 0 spiro atoms. The number of methoxy groups -OCH3 is 1. The summed E-state index contributed by atoms with van der Waals surface area (Å²) in [5.41, 5.74) is 0. The van der Waals surface area contributed by atoms with Crippen LogP contribution >= 0.6 is 0 Å². The fourth-order valence-corrected chi connectivity index (χ4v) is 2.26. The summed E-state index contributed by atoms with van der Waals surface area (Å²) < 4.78 is 23.6. The summed E-state index contributed by atoms with van der Waals surface area (Å²) in [5.74, 6) is 0.534. The van der Waals surface area contributed by atoms with E-state index in [1.807, 2.05) is 6.92 Å². The second-order valence-corrected chi connectivity index (χ2v) is 4.18. The van der Waals surface area contributed by atoms with Gasteiger partial charge in [0.2, 0.25) is 0 Å². The Labute approximate surface area is 78.4 Å². The Morgan fingerprint density at radius 2 is 2.23 bits per heavy atom. The van der Waals surface area contributed by atoms with E-state index in [9.17, 15) is 4.39 Å². The molecule has 0 aromatic heterocycles. The molecule has 2 aliphatic carbocycles. The molecule has 5 atom stereocenters. The van der Waals surface area contributed by atoms with Crippen molar-refractivity contribution in [2.24, 2.45) is 11.8 Å². The zero-order valence-corrected chi connectivity index (χ0v) is 8.20. The normalized spacial score (nSPS) is 44.5. The van der Waals surface area contributed by atoms with Crippen LogP contribution in [0.15, 0.2) is 0 Å². The predicted octanol–water partition coefficient (Wildman–Crippen LogP) is 1.78. The van der Waals surface area contributed by atoms with Crippen molar-refractivity contribution in [3.05, 3.63) is 0 Å². The third-order valence-electron chi connectivity index (χ3n) is 3.29. The molecular formula is C10H17FO2. The van der Waals surface area contributed by atoms with Crippen molar-refractivity contribution in [1.82, 2.24) is 0 Å². The highest BCUT2D eigenvalue weighted by atomic mass is 19.1. The Balaban J connectivity index is 1.71. The van der Waals surface area contributed by atoms with Gasteiger partial charge in [0, 0.05) is 13.0 Å². The van der Waals surface area contributed by atoms with Gasteiger partial charge in [-0.25, -0.2) is 4.39 Å². The number of hydrogen-bond acceptors (Lipinski definition) is 2. The average molecular weight is 188 g/mol. The first-order valence-corrected chi connectivity index (χ1v) is 5.02. The fraction of sp³-hybridized carbons (Fsp3) is 1.00. The number of ether oxygens (including phenoxy) is 2. The number of rotatable bonds is 4. The Morgan fingerprint density at radius 3 is 2.77 bits per heavy atom. The molecule has 0 bridgehead atoms. The van der Waals surface area contributed by atoms with E-state index in [0.717, 1.165) is 12.8 Å². The van der Waals surface area contributed by atoms with Gasteiger partial charge in [-0.2, -0.15) is 0 Å². The molecule has 2 fully saturated rings. The first-order chi connectivity index (χ1) is 6.24. The molecule has 2 aliphatic rings. The molecule has 0 heterocycles. The van der Waals surface area contributed by atoms with Crippen LogP contribution < -0.4 is 0 Å². The SMILES string of the molecule is CO[C@@H](C)CO[C@@H]1CCC2C1[C@H]2F. The van der Waals surface area contributed by atoms with E-state index in [1.165, 1.54) is 0 Å². The summed E-state index contributed by atoms with van der Waals surface area (Å²) >= 11 is 0. The van der Waals surface area contributed by atoms with Crippen LogP contribution in [0.1, 0.15) is 19.8 Å². The molecule has 0 radical (unpaired) electrons. The summed E-state index contributed by atoms with van der Waals surface area (Å²) in [6.07, 6.45) is 1.76. The van der Waals surface area contributed by atoms with Crippen molar-refractivity contribution in [3.8, 4) is 0 Å². The molecule has 0 saturated heterocycles. The molecular weight excluding hydrogens is 171 g/mol. The van der Waals surface area contributed by atoms with Gasteiger partial charge in [-0.05, 0) is 25.7 Å². The largest absolute Gasteiger partial charge is 0.379 e. The second-order valence-electron chi connectivity index (χ2n) is 4.18. The molecule has 0 N–H and O–H groups in total. The molecule has 13 heavy (non-hydrogen) atoms. The Morgan fingerprint density at radius 1 is 1.46 bits per heavy atom. The molecule has 3 heteroatoms. The smallest absolute Gasteiger partial charge is 0.109 e. The molecule has 2 saturated carbocycles. The minimum Gasteiger partial charge on any atom is -0.379 e. The van der Waals surface area contributed by atoms with Crippen molar-refractivity contribution in [3.63, 3.8) is 0 Å². The molecule has 2 nitrogen and oxygen atoms in total. The number of halogens is 1. The van der Waals surface area contributed by atoms with Crippen molar-refractivity contribution >= 4 is 0 Å². The highest BCUT2D eigenvalue weighted by Crippen LogP contribution is 2.55. The quantitative estimate of drug-likeness (QED) is 0.669. The van der Waals surface area contributed by atoms with Crippen LogP contribution in [-0.4, -0.2) is 32.1 Å². The van der Waals surface area contributed by atoms with Gasteiger partial charge in [-0.3, -0.25) is 0 Å². The first-order valence-electron chi connectivity index (χ1n) is 5.02. The molecule has 2 rings (SSSR count). The molecule has 76 valence electrons. The lowest BCUT2D eigenvalue weighted by molar-refractivity contribution is -0.0281. The second kappa shape index (κ2) is 3.54. The molecule has 2 unspecified atom stereocenters. The van der Waals surface area contributed by atoms with E-state index in [1.54, 1.807) is 7.11 Å². The molecule has 0 aliphatic heterocycles. The van der Waals surface area contributed by atoms with Gasteiger partial charge >= 0.3 is 0 Å². The van der Waals surface area contributed by atoms with Crippen LogP contribution in [-0.2, 0) is 9.47 Å². The Kier molecular flexibility index (Phi) is 2.56. The van der Waals surface area contributed by atoms with E-state index in [0.29, 0.717) is 12.5 Å². The van der Waals surface area contributed by atoms with Crippen LogP contribution in [0, 0.1) is 11.8 Å². The van der Waals surface area contributed by atoms with Gasteiger partial charge in [-0.15, -0.1) is 0 Å². The van der Waals surface area contributed by atoms with Crippen molar-refractivity contribution in [2.75, 3.05) is 13.7 Å². The summed E-state index contributed by atoms with van der Waals surface area (Å²) in [6.45, 7) is 2.56. The van der Waals surface area contributed by atoms with E-state index >= 15 is 0 Å². The van der Waals surface area contributed by atoms with Crippen LogP contribution in [0.3, 0.4) is 0 Å². The number of alkyl halides is 1. The topological polar surface area (TPSA) is 18.5 Å². The van der Waals surface area contributed by atoms with Gasteiger partial charge in [0.15, 0.2) is 0 Å². The summed E-state index contributed by atoms with van der Waals surface area (Å²) in [6, 6.07) is 0. The molecule has 0 amide bonds. The highest BCUT2D eigenvalue weighted by molar-refractivity contribution is 5.07. The fourth-order valence-electron chi connectivity index (χ4n) is 2.26. The van der Waals surface area contributed by atoms with Crippen LogP contribution in [0.4, 0.5) is 4.39 Å². The van der Waals surface area contributed by atoms with E-state index in [2.05, 4.69) is 0 Å². The lowest BCUT2D eigenvalue weighted by Gasteiger charge is -2.16. The minimum absolute atomic E-state index is 0.121. The maximum atomic E-state index is 13.0. The Hall–Kier alpha value is -0.150. The van der Waals surface area contributed by atoms with Gasteiger partial charge in [0.05, 0.1) is 18.8 Å². The maximum absolute atomic E-state index is 13.0. The highest BCUT2D eigenvalue weighted by Gasteiger charge is 2.59. The summed E-state index contributed by atoms with van der Waals surface area (Å²) in [7, 11) is 1.67. The van der Waals surface area contributed by atoms with Crippen molar-refractivity contribution in [2.45, 2.75) is 38.1 Å². The van der Waals surface area contributed by atoms with Gasteiger partial charge < -0.3 is 9.47 Å². The number of fused-ring (bicyclic) bond motifs is 1. The van der Waals surface area contributed by atoms with Crippen molar-refractivity contribution < 1.29 is 13.9 Å². The van der Waals surface area contributed by atoms with Crippen LogP contribution in [0.5, 0.6) is 0 Å². The molecule has 0 aromatic rings. The lowest BCUT2D eigenvalue weighted by atomic mass is 10.2. The standard InChI is InChI=1S/C10H17FO2/c1-6(12-2)5-13-8-4-3-7-9(8)10(7)11/h6-10H,3-5H2,1-2H3/t6-,7?,8+,9?,10-/m0/s1. The third-order valence-corrected chi connectivity index (χ3v) is 3.29. The van der Waals surface area contributed by atoms with E-state index in [4.69, 9.17) is 9.47 Å². The zero-order valence-electron chi connectivity index (χ0n) is 8.20. The zero-order chi connectivity index (χ0) is 9.42. The number of hydrogen-bond donors (Lipinski definition) is 0. The minimum atomic E-state index is -0.573. The average Bonchev–Trinajstić information content (AvgIpc) is 2.63. The first kappa shape index (κ1) is 9.41. The lowest BCUT2D eigenvalue weighted by Crippen LogP contribution is -2.22. The Bertz CT molecular complexity index is 186. The van der Waals surface area contributed by atoms with Gasteiger partial charge in [0.1, 0.15) is 6.17 Å². The van der Waals surface area contributed by atoms with Crippen molar-refractivity contribution in [1.29, 1.82) is 0 Å². The van der Waals surface area contributed by atoms with Gasteiger partial charge in [-0.1, -0.05) is 0 Å². The summed E-state index contributed by atoms with van der Waals surface area (Å²) in [4.78, 5) is 0. The molecule has 0 aromatic carbocycles.